The third kappa shape index (κ3) is 5.57. The van der Waals surface area contributed by atoms with Crippen LogP contribution in [0.25, 0.3) is 0 Å². The number of hydrogen-bond acceptors (Lipinski definition) is 4. The zero-order chi connectivity index (χ0) is 19.8. The molecule has 0 radical (unpaired) electrons. The van der Waals surface area contributed by atoms with Gasteiger partial charge in [-0.25, -0.2) is 0 Å². The lowest BCUT2D eigenvalue weighted by Crippen LogP contribution is -2.48. The molecule has 6 heteroatoms. The lowest BCUT2D eigenvalue weighted by atomic mass is 10.1. The number of rotatable bonds is 7. The molecule has 2 aromatic rings. The summed E-state index contributed by atoms with van der Waals surface area (Å²) in [5.74, 6) is 0.618. The molecular formula is C22H24BrN3O2. The minimum atomic E-state index is -0.00376. The molecule has 0 unspecified atom stereocenters. The fourth-order valence-corrected chi connectivity index (χ4v) is 3.63. The largest absolute Gasteiger partial charge is 0.492 e. The number of amides is 1. The Kier molecular flexibility index (Phi) is 7.46. The first-order valence-electron chi connectivity index (χ1n) is 9.52. The summed E-state index contributed by atoms with van der Waals surface area (Å²) >= 11 is 3.47. The van der Waals surface area contributed by atoms with Gasteiger partial charge in [0.25, 0.3) is 5.91 Å². The van der Waals surface area contributed by atoms with Crippen LogP contribution >= 0.6 is 15.9 Å². The van der Waals surface area contributed by atoms with Crippen LogP contribution in [0, 0.1) is 11.3 Å². The zero-order valence-corrected chi connectivity index (χ0v) is 17.4. The van der Waals surface area contributed by atoms with Crippen LogP contribution in [0.3, 0.4) is 0 Å². The van der Waals surface area contributed by atoms with Crippen LogP contribution in [0.15, 0.2) is 53.0 Å². The molecule has 1 amide bonds. The number of carbonyl (C=O) groups is 1. The number of carbonyl (C=O) groups excluding carboxylic acids is 1. The Morgan fingerprint density at radius 3 is 2.57 bits per heavy atom. The van der Waals surface area contributed by atoms with Gasteiger partial charge in [0, 0.05) is 50.0 Å². The first-order chi connectivity index (χ1) is 13.7. The van der Waals surface area contributed by atoms with E-state index in [1.807, 2.05) is 41.3 Å². The van der Waals surface area contributed by atoms with Gasteiger partial charge in [-0.2, -0.15) is 5.26 Å². The standard InChI is InChI=1S/C22H24BrN3O2/c23-19-7-8-21(28-16-9-18-5-2-1-3-6-18)20(17-19)22(27)26-14-12-25(13-15-26)11-4-10-24/h1-3,5-8,17H,4,9,11-16H2. The minimum absolute atomic E-state index is 0.00376. The topological polar surface area (TPSA) is 56.6 Å². The summed E-state index contributed by atoms with van der Waals surface area (Å²) in [6, 6.07) is 17.9. The second-order valence-electron chi connectivity index (χ2n) is 6.77. The van der Waals surface area contributed by atoms with Crippen molar-refractivity contribution < 1.29 is 9.53 Å². The van der Waals surface area contributed by atoms with E-state index in [2.05, 4.69) is 39.0 Å². The fraction of sp³-hybridized carbons (Fsp3) is 0.364. The van der Waals surface area contributed by atoms with Gasteiger partial charge < -0.3 is 9.64 Å². The molecule has 0 bridgehead atoms. The van der Waals surface area contributed by atoms with Gasteiger partial charge in [0.1, 0.15) is 5.75 Å². The number of ether oxygens (including phenoxy) is 1. The molecule has 1 aliphatic rings. The molecule has 146 valence electrons. The van der Waals surface area contributed by atoms with Crippen molar-refractivity contribution in [1.29, 1.82) is 5.26 Å². The maximum absolute atomic E-state index is 13.1. The molecule has 3 rings (SSSR count). The Morgan fingerprint density at radius 1 is 1.11 bits per heavy atom. The Balaban J connectivity index is 1.62. The average molecular weight is 442 g/mol. The Bertz CT molecular complexity index is 827. The van der Waals surface area contributed by atoms with Gasteiger partial charge in [-0.05, 0) is 23.8 Å². The van der Waals surface area contributed by atoms with Crippen molar-refractivity contribution in [1.82, 2.24) is 9.80 Å². The molecule has 2 aromatic carbocycles. The number of piperazine rings is 1. The summed E-state index contributed by atoms with van der Waals surface area (Å²) in [4.78, 5) is 17.2. The predicted octanol–water partition coefficient (Wildman–Crippen LogP) is 3.74. The number of halogens is 1. The maximum Gasteiger partial charge on any atom is 0.257 e. The molecule has 1 saturated heterocycles. The highest BCUT2D eigenvalue weighted by molar-refractivity contribution is 9.10. The molecule has 5 nitrogen and oxygen atoms in total. The second-order valence-corrected chi connectivity index (χ2v) is 7.68. The molecule has 0 spiro atoms. The van der Waals surface area contributed by atoms with E-state index in [1.165, 1.54) is 5.56 Å². The number of hydrogen-bond donors (Lipinski definition) is 0. The molecule has 1 heterocycles. The molecule has 0 N–H and O–H groups in total. The Labute approximate surface area is 174 Å². The van der Waals surface area contributed by atoms with Crippen molar-refractivity contribution >= 4 is 21.8 Å². The van der Waals surface area contributed by atoms with Crippen LogP contribution in [0.5, 0.6) is 5.75 Å². The van der Waals surface area contributed by atoms with Gasteiger partial charge in [0.05, 0.1) is 18.2 Å². The highest BCUT2D eigenvalue weighted by atomic mass is 79.9. The minimum Gasteiger partial charge on any atom is -0.492 e. The highest BCUT2D eigenvalue weighted by Crippen LogP contribution is 2.25. The van der Waals surface area contributed by atoms with E-state index in [-0.39, 0.29) is 5.91 Å². The van der Waals surface area contributed by atoms with Crippen molar-refractivity contribution in [3.05, 3.63) is 64.1 Å². The van der Waals surface area contributed by atoms with Crippen LogP contribution in [-0.2, 0) is 6.42 Å². The molecule has 1 aliphatic heterocycles. The van der Waals surface area contributed by atoms with Gasteiger partial charge in [-0.15, -0.1) is 0 Å². The van der Waals surface area contributed by atoms with E-state index in [4.69, 9.17) is 10.00 Å². The molecule has 0 saturated carbocycles. The van der Waals surface area contributed by atoms with Crippen molar-refractivity contribution in [3.63, 3.8) is 0 Å². The van der Waals surface area contributed by atoms with E-state index in [0.717, 1.165) is 30.5 Å². The summed E-state index contributed by atoms with van der Waals surface area (Å²) in [5, 5.41) is 8.73. The van der Waals surface area contributed by atoms with Gasteiger partial charge >= 0.3 is 0 Å². The molecule has 28 heavy (non-hydrogen) atoms. The fourth-order valence-electron chi connectivity index (χ4n) is 3.27. The summed E-state index contributed by atoms with van der Waals surface area (Å²) in [6.45, 7) is 4.22. The van der Waals surface area contributed by atoms with E-state index in [9.17, 15) is 4.79 Å². The van der Waals surface area contributed by atoms with Crippen molar-refractivity contribution in [2.24, 2.45) is 0 Å². The Morgan fingerprint density at radius 2 is 1.86 bits per heavy atom. The van der Waals surface area contributed by atoms with E-state index < -0.39 is 0 Å². The highest BCUT2D eigenvalue weighted by Gasteiger charge is 2.24. The number of nitriles is 1. The molecule has 0 aromatic heterocycles. The summed E-state index contributed by atoms with van der Waals surface area (Å²) in [5.41, 5.74) is 1.80. The van der Waals surface area contributed by atoms with Crippen molar-refractivity contribution in [2.45, 2.75) is 12.8 Å². The third-order valence-electron chi connectivity index (χ3n) is 4.86. The summed E-state index contributed by atoms with van der Waals surface area (Å²) in [6.07, 6.45) is 1.32. The van der Waals surface area contributed by atoms with Gasteiger partial charge in [0.15, 0.2) is 0 Å². The third-order valence-corrected chi connectivity index (χ3v) is 5.36. The first-order valence-corrected chi connectivity index (χ1v) is 10.3. The quantitative estimate of drug-likeness (QED) is 0.656. The van der Waals surface area contributed by atoms with Crippen LogP contribution in [0.4, 0.5) is 0 Å². The maximum atomic E-state index is 13.1. The monoisotopic (exact) mass is 441 g/mol. The van der Waals surface area contributed by atoms with E-state index >= 15 is 0 Å². The lowest BCUT2D eigenvalue weighted by molar-refractivity contribution is 0.0635. The van der Waals surface area contributed by atoms with Gasteiger partial charge in [0.2, 0.25) is 0 Å². The van der Waals surface area contributed by atoms with E-state index in [0.29, 0.717) is 37.4 Å². The molecule has 0 atom stereocenters. The smallest absolute Gasteiger partial charge is 0.257 e. The zero-order valence-electron chi connectivity index (χ0n) is 15.8. The van der Waals surface area contributed by atoms with Gasteiger partial charge in [-0.1, -0.05) is 46.3 Å². The molecule has 1 fully saturated rings. The Hall–Kier alpha value is -2.36. The van der Waals surface area contributed by atoms with Crippen LogP contribution in [-0.4, -0.2) is 55.0 Å². The lowest BCUT2D eigenvalue weighted by Gasteiger charge is -2.34. The van der Waals surface area contributed by atoms with Gasteiger partial charge in [-0.3, -0.25) is 9.69 Å². The average Bonchev–Trinajstić information content (AvgIpc) is 2.74. The van der Waals surface area contributed by atoms with Crippen molar-refractivity contribution in [3.8, 4) is 11.8 Å². The first kappa shape index (κ1) is 20.4. The number of nitrogens with zero attached hydrogens (tertiary/aromatic N) is 3. The van der Waals surface area contributed by atoms with E-state index in [1.54, 1.807) is 0 Å². The SMILES string of the molecule is N#CCCN1CCN(C(=O)c2cc(Br)ccc2OCCc2ccccc2)CC1. The molecule has 0 aliphatic carbocycles. The number of benzene rings is 2. The van der Waals surface area contributed by atoms with Crippen LogP contribution < -0.4 is 4.74 Å². The van der Waals surface area contributed by atoms with Crippen molar-refractivity contribution in [2.75, 3.05) is 39.3 Å². The molecular weight excluding hydrogens is 418 g/mol. The summed E-state index contributed by atoms with van der Waals surface area (Å²) < 4.78 is 6.83. The normalized spacial score (nSPS) is 14.5. The van der Waals surface area contributed by atoms with Crippen LogP contribution in [0.1, 0.15) is 22.3 Å². The second kappa shape index (κ2) is 10.3. The van der Waals surface area contributed by atoms with Crippen LogP contribution in [0.2, 0.25) is 0 Å². The summed E-state index contributed by atoms with van der Waals surface area (Å²) in [7, 11) is 0. The predicted molar refractivity (Wildman–Crippen MR) is 112 cm³/mol.